The summed E-state index contributed by atoms with van der Waals surface area (Å²) < 4.78 is 22.4. The van der Waals surface area contributed by atoms with Crippen molar-refractivity contribution in [3.63, 3.8) is 0 Å². The largest absolute Gasteiger partial charge is 0.310 e. The van der Waals surface area contributed by atoms with Gasteiger partial charge in [-0.05, 0) is 37.9 Å². The van der Waals surface area contributed by atoms with Crippen LogP contribution >= 0.6 is 23.2 Å². The van der Waals surface area contributed by atoms with E-state index in [-0.39, 0.29) is 11.8 Å². The summed E-state index contributed by atoms with van der Waals surface area (Å²) in [7, 11) is -2.94. The topological polar surface area (TPSA) is 46.2 Å². The zero-order valence-electron chi connectivity index (χ0n) is 11.8. The van der Waals surface area contributed by atoms with Crippen molar-refractivity contribution in [2.24, 2.45) is 0 Å². The highest BCUT2D eigenvalue weighted by molar-refractivity contribution is 7.90. The Morgan fingerprint density at radius 2 is 1.85 bits per heavy atom. The van der Waals surface area contributed by atoms with Gasteiger partial charge in [0.1, 0.15) is 9.84 Å². The average molecular weight is 338 g/mol. The van der Waals surface area contributed by atoms with Gasteiger partial charge in [0, 0.05) is 33.7 Å². The minimum atomic E-state index is -2.94. The van der Waals surface area contributed by atoms with Gasteiger partial charge in [0.25, 0.3) is 0 Å². The number of hydrogen-bond acceptors (Lipinski definition) is 3. The molecule has 0 aliphatic rings. The lowest BCUT2D eigenvalue weighted by molar-refractivity contribution is 0.493. The summed E-state index contributed by atoms with van der Waals surface area (Å²) in [5.74, 6) is 0.180. The molecule has 1 aromatic carbocycles. The number of hydrogen-bond donors (Lipinski definition) is 1. The summed E-state index contributed by atoms with van der Waals surface area (Å²) in [4.78, 5) is 0. The van der Waals surface area contributed by atoms with Crippen LogP contribution in [0, 0.1) is 0 Å². The van der Waals surface area contributed by atoms with Crippen molar-refractivity contribution in [3.8, 4) is 0 Å². The summed E-state index contributed by atoms with van der Waals surface area (Å²) in [6, 6.07) is 5.40. The lowest BCUT2D eigenvalue weighted by atomic mass is 10.0. The monoisotopic (exact) mass is 337 g/mol. The molecule has 0 aliphatic heterocycles. The normalized spacial score (nSPS) is 13.4. The fourth-order valence-corrected chi connectivity index (χ4v) is 3.41. The predicted molar refractivity (Wildman–Crippen MR) is 86.4 cm³/mol. The molecule has 0 aromatic heterocycles. The molecule has 1 unspecified atom stereocenters. The molecule has 0 bridgehead atoms. The summed E-state index contributed by atoms with van der Waals surface area (Å²) in [6.45, 7) is 2.92. The van der Waals surface area contributed by atoms with Crippen LogP contribution in [-0.4, -0.2) is 27.0 Å². The van der Waals surface area contributed by atoms with E-state index in [2.05, 4.69) is 12.2 Å². The van der Waals surface area contributed by atoms with Gasteiger partial charge >= 0.3 is 0 Å². The van der Waals surface area contributed by atoms with Crippen LogP contribution < -0.4 is 5.32 Å². The molecule has 0 radical (unpaired) electrons. The van der Waals surface area contributed by atoms with Gasteiger partial charge in [-0.25, -0.2) is 8.42 Å². The molecule has 3 nitrogen and oxygen atoms in total. The lowest BCUT2D eigenvalue weighted by Crippen LogP contribution is -2.23. The highest BCUT2D eigenvalue weighted by Crippen LogP contribution is 2.32. The zero-order chi connectivity index (χ0) is 15.2. The van der Waals surface area contributed by atoms with Gasteiger partial charge in [-0.2, -0.15) is 0 Å². The second-order valence-electron chi connectivity index (χ2n) is 4.91. The highest BCUT2D eigenvalue weighted by Gasteiger charge is 2.18. The van der Waals surface area contributed by atoms with E-state index in [0.29, 0.717) is 22.9 Å². The third-order valence-corrected chi connectivity index (χ3v) is 4.69. The second-order valence-corrected chi connectivity index (χ2v) is 7.99. The quantitative estimate of drug-likeness (QED) is 0.783. The van der Waals surface area contributed by atoms with E-state index < -0.39 is 9.84 Å². The Morgan fingerprint density at radius 3 is 2.35 bits per heavy atom. The molecule has 0 saturated carbocycles. The molecule has 0 saturated heterocycles. The van der Waals surface area contributed by atoms with Crippen LogP contribution in [-0.2, 0) is 9.84 Å². The van der Waals surface area contributed by atoms with E-state index in [1.165, 1.54) is 6.26 Å². The van der Waals surface area contributed by atoms with E-state index in [4.69, 9.17) is 23.2 Å². The summed E-state index contributed by atoms with van der Waals surface area (Å²) in [5.41, 5.74) is 0.859. The third-order valence-electron chi connectivity index (χ3n) is 3.00. The van der Waals surface area contributed by atoms with Crippen LogP contribution in [0.25, 0.3) is 0 Å². The first-order valence-electron chi connectivity index (χ1n) is 6.70. The maximum atomic E-state index is 11.2. The molecule has 0 heterocycles. The molecule has 0 aliphatic carbocycles. The number of nitrogens with one attached hydrogen (secondary N) is 1. The van der Waals surface area contributed by atoms with Crippen LogP contribution in [0.2, 0.25) is 10.0 Å². The summed E-state index contributed by atoms with van der Waals surface area (Å²) in [5, 5.41) is 4.62. The molecule has 1 rings (SSSR count). The average Bonchev–Trinajstić information content (AvgIpc) is 2.33. The SMILES string of the molecule is CCCNC(CCCS(C)(=O)=O)c1c(Cl)cccc1Cl. The molecule has 114 valence electrons. The van der Waals surface area contributed by atoms with Crippen LogP contribution in [0.4, 0.5) is 0 Å². The third kappa shape index (κ3) is 6.00. The van der Waals surface area contributed by atoms with Crippen molar-refractivity contribution in [3.05, 3.63) is 33.8 Å². The van der Waals surface area contributed by atoms with E-state index in [1.807, 2.05) is 6.07 Å². The van der Waals surface area contributed by atoms with Crippen molar-refractivity contribution in [1.29, 1.82) is 0 Å². The summed E-state index contributed by atoms with van der Waals surface area (Å²) >= 11 is 12.5. The van der Waals surface area contributed by atoms with Crippen molar-refractivity contribution in [1.82, 2.24) is 5.32 Å². The van der Waals surface area contributed by atoms with Gasteiger partial charge in [-0.15, -0.1) is 0 Å². The van der Waals surface area contributed by atoms with Crippen LogP contribution in [0.1, 0.15) is 37.8 Å². The molecule has 1 N–H and O–H groups in total. The van der Waals surface area contributed by atoms with Gasteiger partial charge < -0.3 is 5.32 Å². The van der Waals surface area contributed by atoms with Crippen molar-refractivity contribution >= 4 is 33.0 Å². The Bertz CT molecular complexity index is 512. The first-order valence-corrected chi connectivity index (χ1v) is 9.51. The van der Waals surface area contributed by atoms with Gasteiger partial charge in [0.2, 0.25) is 0 Å². The van der Waals surface area contributed by atoms with E-state index in [9.17, 15) is 8.42 Å². The number of sulfone groups is 1. The van der Waals surface area contributed by atoms with Crippen LogP contribution in [0.15, 0.2) is 18.2 Å². The number of rotatable bonds is 8. The standard InChI is InChI=1S/C14H21Cl2NO2S/c1-3-9-17-13(8-5-10-20(2,18)19)14-11(15)6-4-7-12(14)16/h4,6-7,13,17H,3,5,8-10H2,1-2H3. The Balaban J connectivity index is 2.83. The van der Waals surface area contributed by atoms with E-state index in [0.717, 1.165) is 18.5 Å². The first-order chi connectivity index (χ1) is 9.35. The van der Waals surface area contributed by atoms with Gasteiger partial charge in [-0.3, -0.25) is 0 Å². The van der Waals surface area contributed by atoms with Gasteiger partial charge in [0.05, 0.1) is 0 Å². The summed E-state index contributed by atoms with van der Waals surface area (Å²) in [6.07, 6.45) is 3.52. The number of halogens is 2. The highest BCUT2D eigenvalue weighted by atomic mass is 35.5. The maximum Gasteiger partial charge on any atom is 0.147 e. The predicted octanol–water partition coefficient (Wildman–Crippen LogP) is 3.86. The van der Waals surface area contributed by atoms with E-state index in [1.54, 1.807) is 12.1 Å². The maximum absolute atomic E-state index is 11.2. The Labute approximate surface area is 131 Å². The fraction of sp³-hybridized carbons (Fsp3) is 0.571. The minimum absolute atomic E-state index is 0.0158. The fourth-order valence-electron chi connectivity index (χ4n) is 2.06. The lowest BCUT2D eigenvalue weighted by Gasteiger charge is -2.21. The van der Waals surface area contributed by atoms with Gasteiger partial charge in [-0.1, -0.05) is 36.2 Å². The van der Waals surface area contributed by atoms with Crippen LogP contribution in [0.3, 0.4) is 0 Å². The minimum Gasteiger partial charge on any atom is -0.310 e. The molecule has 0 spiro atoms. The van der Waals surface area contributed by atoms with Crippen molar-refractivity contribution < 1.29 is 8.42 Å². The molecule has 20 heavy (non-hydrogen) atoms. The Hall–Kier alpha value is -0.290. The smallest absolute Gasteiger partial charge is 0.147 e. The molecule has 0 amide bonds. The molecule has 1 aromatic rings. The molecule has 0 fully saturated rings. The first kappa shape index (κ1) is 17.8. The Kier molecular flexibility index (Phi) is 7.30. The number of benzene rings is 1. The molecular formula is C14H21Cl2NO2S. The van der Waals surface area contributed by atoms with E-state index >= 15 is 0 Å². The van der Waals surface area contributed by atoms with Crippen molar-refractivity contribution in [2.75, 3.05) is 18.6 Å². The van der Waals surface area contributed by atoms with Gasteiger partial charge in [0.15, 0.2) is 0 Å². The zero-order valence-corrected chi connectivity index (χ0v) is 14.2. The second kappa shape index (κ2) is 8.23. The van der Waals surface area contributed by atoms with Crippen molar-refractivity contribution in [2.45, 2.75) is 32.2 Å². The molecule has 1 atom stereocenters. The molecular weight excluding hydrogens is 317 g/mol. The molecule has 6 heteroatoms. The van der Waals surface area contributed by atoms with Crippen LogP contribution in [0.5, 0.6) is 0 Å². The Morgan fingerprint density at radius 1 is 1.25 bits per heavy atom.